The molecule has 112 valence electrons. The summed E-state index contributed by atoms with van der Waals surface area (Å²) in [4.78, 5) is 5.05. The number of nitrogens with zero attached hydrogens (tertiary/aromatic N) is 3. The lowest BCUT2D eigenvalue weighted by molar-refractivity contribution is 0.203. The van der Waals surface area contributed by atoms with E-state index >= 15 is 0 Å². The van der Waals surface area contributed by atoms with Gasteiger partial charge < -0.3 is 10.2 Å². The molecule has 2 unspecified atom stereocenters. The van der Waals surface area contributed by atoms with Crippen molar-refractivity contribution in [2.24, 2.45) is 0 Å². The zero-order valence-corrected chi connectivity index (χ0v) is 13.0. The average Bonchev–Trinajstić information content (AvgIpc) is 2.94. The molecule has 0 amide bonds. The summed E-state index contributed by atoms with van der Waals surface area (Å²) in [6.07, 6.45) is 2.61. The van der Waals surface area contributed by atoms with Gasteiger partial charge in [-0.1, -0.05) is 6.07 Å². The molecule has 2 heterocycles. The number of hydrogen-bond donors (Lipinski definition) is 1. The second-order valence-electron chi connectivity index (χ2n) is 6.29. The van der Waals surface area contributed by atoms with Crippen LogP contribution >= 0.6 is 0 Å². The number of fused-ring (bicyclic) bond motifs is 1. The predicted molar refractivity (Wildman–Crippen MR) is 85.3 cm³/mol. The molecule has 2 aliphatic heterocycles. The summed E-state index contributed by atoms with van der Waals surface area (Å²) in [7, 11) is 1.93. The van der Waals surface area contributed by atoms with E-state index in [2.05, 4.69) is 40.2 Å². The van der Waals surface area contributed by atoms with Crippen molar-refractivity contribution in [3.8, 4) is 6.07 Å². The molecule has 21 heavy (non-hydrogen) atoms. The summed E-state index contributed by atoms with van der Waals surface area (Å²) in [6.45, 7) is 6.50. The van der Waals surface area contributed by atoms with Crippen LogP contribution in [-0.4, -0.2) is 43.7 Å². The number of nitrogens with one attached hydrogen (secondary N) is 1. The molecule has 1 N–H and O–H groups in total. The van der Waals surface area contributed by atoms with E-state index in [9.17, 15) is 5.26 Å². The van der Waals surface area contributed by atoms with Crippen LogP contribution in [0.25, 0.3) is 0 Å². The summed E-state index contributed by atoms with van der Waals surface area (Å²) in [5.74, 6) is 0. The fourth-order valence-electron chi connectivity index (χ4n) is 3.76. The van der Waals surface area contributed by atoms with E-state index in [4.69, 9.17) is 0 Å². The number of hydrogen-bond acceptors (Lipinski definition) is 4. The lowest BCUT2D eigenvalue weighted by atomic mass is 10.0. The highest BCUT2D eigenvalue weighted by Crippen LogP contribution is 2.31. The van der Waals surface area contributed by atoms with Gasteiger partial charge in [0.05, 0.1) is 11.3 Å². The third kappa shape index (κ3) is 2.76. The quantitative estimate of drug-likeness (QED) is 0.921. The molecular formula is C17H24N4. The van der Waals surface area contributed by atoms with Gasteiger partial charge in [-0.3, -0.25) is 4.90 Å². The highest BCUT2D eigenvalue weighted by molar-refractivity contribution is 5.61. The van der Waals surface area contributed by atoms with Gasteiger partial charge in [0.1, 0.15) is 6.07 Å². The van der Waals surface area contributed by atoms with E-state index in [-0.39, 0.29) is 0 Å². The van der Waals surface area contributed by atoms with Crippen molar-refractivity contribution in [3.05, 3.63) is 29.3 Å². The van der Waals surface area contributed by atoms with Gasteiger partial charge in [0.2, 0.25) is 0 Å². The Labute approximate surface area is 127 Å². The summed E-state index contributed by atoms with van der Waals surface area (Å²) >= 11 is 0. The largest absolute Gasteiger partial charge is 0.365 e. The smallest absolute Gasteiger partial charge is 0.101 e. The molecule has 0 bridgehead atoms. The van der Waals surface area contributed by atoms with Crippen molar-refractivity contribution in [1.82, 2.24) is 10.2 Å². The van der Waals surface area contributed by atoms with Gasteiger partial charge in [-0.05, 0) is 51.1 Å². The first-order valence-corrected chi connectivity index (χ1v) is 7.91. The zero-order chi connectivity index (χ0) is 14.8. The Kier molecular flexibility index (Phi) is 4.14. The van der Waals surface area contributed by atoms with Crippen LogP contribution in [0.4, 0.5) is 5.69 Å². The monoisotopic (exact) mass is 284 g/mol. The summed E-state index contributed by atoms with van der Waals surface area (Å²) in [5.41, 5.74) is 3.09. The third-order valence-corrected chi connectivity index (χ3v) is 4.81. The summed E-state index contributed by atoms with van der Waals surface area (Å²) in [6, 6.07) is 9.83. The molecular weight excluding hydrogens is 260 g/mol. The number of nitriles is 1. The molecule has 2 saturated heterocycles. The van der Waals surface area contributed by atoms with Crippen LogP contribution in [-0.2, 0) is 6.54 Å². The first-order chi connectivity index (χ1) is 10.2. The minimum absolute atomic E-state index is 0.474. The fraction of sp³-hybridized carbons (Fsp3) is 0.588. The second-order valence-corrected chi connectivity index (χ2v) is 6.29. The van der Waals surface area contributed by atoms with E-state index in [0.29, 0.717) is 12.1 Å². The molecule has 4 heteroatoms. The number of anilines is 1. The Balaban J connectivity index is 1.87. The first kappa shape index (κ1) is 14.4. The standard InChI is InChI=1S/C17H24N4/c1-13-11-20-7-3-4-16(20)12-21(13)17-6-5-14(10-19-2)8-15(17)9-18/h5-6,8,13,16,19H,3-4,7,10-12H2,1-2H3. The maximum Gasteiger partial charge on any atom is 0.101 e. The highest BCUT2D eigenvalue weighted by Gasteiger charge is 2.35. The molecule has 2 aliphatic rings. The molecule has 0 aromatic heterocycles. The number of piperazine rings is 1. The summed E-state index contributed by atoms with van der Waals surface area (Å²) in [5, 5.41) is 12.7. The van der Waals surface area contributed by atoms with Crippen molar-refractivity contribution in [2.75, 3.05) is 31.6 Å². The maximum absolute atomic E-state index is 9.51. The minimum atomic E-state index is 0.474. The Bertz CT molecular complexity index is 548. The average molecular weight is 284 g/mol. The van der Waals surface area contributed by atoms with Crippen molar-refractivity contribution < 1.29 is 0 Å². The molecule has 4 nitrogen and oxygen atoms in total. The molecule has 0 radical (unpaired) electrons. The lowest BCUT2D eigenvalue weighted by Gasteiger charge is -2.44. The first-order valence-electron chi connectivity index (χ1n) is 7.91. The molecule has 0 aliphatic carbocycles. The molecule has 1 aromatic carbocycles. The van der Waals surface area contributed by atoms with Crippen LogP contribution in [0.1, 0.15) is 30.9 Å². The van der Waals surface area contributed by atoms with Crippen LogP contribution in [0, 0.1) is 11.3 Å². The second kappa shape index (κ2) is 6.05. The Morgan fingerprint density at radius 1 is 1.38 bits per heavy atom. The van der Waals surface area contributed by atoms with Gasteiger partial charge in [-0.2, -0.15) is 5.26 Å². The predicted octanol–water partition coefficient (Wildman–Crippen LogP) is 1.95. The van der Waals surface area contributed by atoms with Crippen LogP contribution in [0.3, 0.4) is 0 Å². The van der Waals surface area contributed by atoms with Crippen LogP contribution < -0.4 is 10.2 Å². The van der Waals surface area contributed by atoms with Gasteiger partial charge in [-0.15, -0.1) is 0 Å². The molecule has 3 rings (SSSR count). The Morgan fingerprint density at radius 2 is 2.24 bits per heavy atom. The topological polar surface area (TPSA) is 42.3 Å². The maximum atomic E-state index is 9.51. The van der Waals surface area contributed by atoms with Gasteiger partial charge in [0, 0.05) is 31.7 Å². The van der Waals surface area contributed by atoms with E-state index in [0.717, 1.165) is 30.9 Å². The van der Waals surface area contributed by atoms with Gasteiger partial charge >= 0.3 is 0 Å². The van der Waals surface area contributed by atoms with Crippen molar-refractivity contribution >= 4 is 5.69 Å². The van der Waals surface area contributed by atoms with Gasteiger partial charge in [0.25, 0.3) is 0 Å². The fourth-order valence-corrected chi connectivity index (χ4v) is 3.76. The zero-order valence-electron chi connectivity index (χ0n) is 13.0. The van der Waals surface area contributed by atoms with Gasteiger partial charge in [0.15, 0.2) is 0 Å². The van der Waals surface area contributed by atoms with Crippen molar-refractivity contribution in [2.45, 2.75) is 38.4 Å². The SMILES string of the molecule is CNCc1ccc(N2CC3CCCN3CC2C)c(C#N)c1. The normalized spacial score (nSPS) is 25.7. The summed E-state index contributed by atoms with van der Waals surface area (Å²) < 4.78 is 0. The van der Waals surface area contributed by atoms with E-state index in [1.807, 2.05) is 13.1 Å². The van der Waals surface area contributed by atoms with Gasteiger partial charge in [-0.25, -0.2) is 0 Å². The third-order valence-electron chi connectivity index (χ3n) is 4.81. The molecule has 0 saturated carbocycles. The Morgan fingerprint density at radius 3 is 3.00 bits per heavy atom. The van der Waals surface area contributed by atoms with Crippen molar-refractivity contribution in [1.29, 1.82) is 5.26 Å². The molecule has 2 fully saturated rings. The minimum Gasteiger partial charge on any atom is -0.365 e. The van der Waals surface area contributed by atoms with Crippen molar-refractivity contribution in [3.63, 3.8) is 0 Å². The molecule has 1 aromatic rings. The lowest BCUT2D eigenvalue weighted by Crippen LogP contribution is -2.55. The van der Waals surface area contributed by atoms with Crippen LogP contribution in [0.5, 0.6) is 0 Å². The molecule has 0 spiro atoms. The highest BCUT2D eigenvalue weighted by atomic mass is 15.3. The number of rotatable bonds is 3. The number of benzene rings is 1. The van der Waals surface area contributed by atoms with E-state index in [1.165, 1.54) is 24.9 Å². The van der Waals surface area contributed by atoms with E-state index in [1.54, 1.807) is 0 Å². The molecule has 2 atom stereocenters. The van der Waals surface area contributed by atoms with E-state index < -0.39 is 0 Å². The Hall–Kier alpha value is -1.57. The van der Waals surface area contributed by atoms with Crippen LogP contribution in [0.2, 0.25) is 0 Å². The van der Waals surface area contributed by atoms with Crippen LogP contribution in [0.15, 0.2) is 18.2 Å².